The van der Waals surface area contributed by atoms with Crippen molar-refractivity contribution in [3.8, 4) is 12.1 Å². The SMILES string of the molecule is CC(C)(C)OC(=O)NC(C#N)CC#N. The molecule has 14 heavy (non-hydrogen) atoms. The van der Waals surface area contributed by atoms with Crippen LogP contribution in [-0.2, 0) is 4.74 Å². The first-order valence-corrected chi connectivity index (χ1v) is 4.15. The second-order valence-corrected chi connectivity index (χ2v) is 3.69. The van der Waals surface area contributed by atoms with Crippen LogP contribution in [0.25, 0.3) is 0 Å². The molecule has 0 saturated heterocycles. The van der Waals surface area contributed by atoms with Crippen LogP contribution in [-0.4, -0.2) is 17.7 Å². The summed E-state index contributed by atoms with van der Waals surface area (Å²) >= 11 is 0. The van der Waals surface area contributed by atoms with Gasteiger partial charge in [-0.1, -0.05) is 0 Å². The summed E-state index contributed by atoms with van der Waals surface area (Å²) in [5, 5.41) is 19.1. The van der Waals surface area contributed by atoms with Crippen LogP contribution in [0.15, 0.2) is 0 Å². The first-order chi connectivity index (χ1) is 6.39. The third kappa shape index (κ3) is 5.84. The number of hydrogen-bond acceptors (Lipinski definition) is 4. The first-order valence-electron chi connectivity index (χ1n) is 4.15. The van der Waals surface area contributed by atoms with Crippen molar-refractivity contribution in [1.29, 1.82) is 10.5 Å². The van der Waals surface area contributed by atoms with Crippen molar-refractivity contribution in [3.05, 3.63) is 0 Å². The number of ether oxygens (including phenoxy) is 1. The van der Waals surface area contributed by atoms with Gasteiger partial charge < -0.3 is 10.1 Å². The average Bonchev–Trinajstić information content (AvgIpc) is 2.00. The van der Waals surface area contributed by atoms with E-state index in [4.69, 9.17) is 15.3 Å². The van der Waals surface area contributed by atoms with Crippen molar-refractivity contribution >= 4 is 6.09 Å². The van der Waals surface area contributed by atoms with Crippen LogP contribution in [0.5, 0.6) is 0 Å². The van der Waals surface area contributed by atoms with Crippen LogP contribution in [0.1, 0.15) is 27.2 Å². The Labute approximate surface area is 83.3 Å². The second-order valence-electron chi connectivity index (χ2n) is 3.69. The molecule has 0 aromatic rings. The summed E-state index contributed by atoms with van der Waals surface area (Å²) in [6.07, 6.45) is -0.727. The summed E-state index contributed by atoms with van der Waals surface area (Å²) in [6, 6.07) is 2.77. The Bertz CT molecular complexity index is 280. The molecule has 1 amide bonds. The second kappa shape index (κ2) is 5.08. The molecule has 5 nitrogen and oxygen atoms in total. The van der Waals surface area contributed by atoms with Crippen LogP contribution >= 0.6 is 0 Å². The number of carbonyl (C=O) groups is 1. The molecular formula is C9H13N3O2. The highest BCUT2D eigenvalue weighted by Gasteiger charge is 2.18. The lowest BCUT2D eigenvalue weighted by molar-refractivity contribution is 0.0516. The fraction of sp³-hybridized carbons (Fsp3) is 0.667. The number of alkyl carbamates (subject to hydrolysis) is 1. The Kier molecular flexibility index (Phi) is 4.45. The van der Waals surface area contributed by atoms with Crippen molar-refractivity contribution < 1.29 is 9.53 Å². The van der Waals surface area contributed by atoms with Crippen LogP contribution in [0.2, 0.25) is 0 Å². The molecule has 0 aromatic heterocycles. The summed E-state index contributed by atoms with van der Waals surface area (Å²) in [7, 11) is 0. The Morgan fingerprint density at radius 1 is 1.50 bits per heavy atom. The molecule has 0 heterocycles. The molecule has 1 N–H and O–H groups in total. The van der Waals surface area contributed by atoms with E-state index in [1.807, 2.05) is 0 Å². The molecule has 0 aliphatic rings. The van der Waals surface area contributed by atoms with E-state index in [1.54, 1.807) is 32.9 Å². The van der Waals surface area contributed by atoms with Gasteiger partial charge in [-0.05, 0) is 20.8 Å². The molecule has 0 fully saturated rings. The van der Waals surface area contributed by atoms with Crippen LogP contribution in [0.4, 0.5) is 4.79 Å². The first kappa shape index (κ1) is 12.2. The lowest BCUT2D eigenvalue weighted by Gasteiger charge is -2.20. The van der Waals surface area contributed by atoms with E-state index in [-0.39, 0.29) is 6.42 Å². The van der Waals surface area contributed by atoms with Gasteiger partial charge in [0, 0.05) is 0 Å². The topological polar surface area (TPSA) is 85.9 Å². The molecule has 0 aliphatic carbocycles. The van der Waals surface area contributed by atoms with Crippen LogP contribution < -0.4 is 5.32 Å². The summed E-state index contributed by atoms with van der Waals surface area (Å²) in [6.45, 7) is 5.16. The van der Waals surface area contributed by atoms with Gasteiger partial charge in [-0.2, -0.15) is 10.5 Å². The molecule has 0 aliphatic heterocycles. The third-order valence-corrected chi connectivity index (χ3v) is 1.14. The van der Waals surface area contributed by atoms with E-state index in [0.29, 0.717) is 0 Å². The predicted molar refractivity (Wildman–Crippen MR) is 49.0 cm³/mol. The van der Waals surface area contributed by atoms with Crippen molar-refractivity contribution in [2.45, 2.75) is 38.8 Å². The van der Waals surface area contributed by atoms with Gasteiger partial charge in [0.05, 0.1) is 18.6 Å². The van der Waals surface area contributed by atoms with Crippen LogP contribution in [0.3, 0.4) is 0 Å². The van der Waals surface area contributed by atoms with Gasteiger partial charge in [0.15, 0.2) is 0 Å². The van der Waals surface area contributed by atoms with Crippen molar-refractivity contribution in [3.63, 3.8) is 0 Å². The lowest BCUT2D eigenvalue weighted by Crippen LogP contribution is -2.38. The number of carbonyl (C=O) groups excluding carboxylic acids is 1. The van der Waals surface area contributed by atoms with Gasteiger partial charge in [-0.3, -0.25) is 0 Å². The normalized spacial score (nSPS) is 12.1. The van der Waals surface area contributed by atoms with Gasteiger partial charge in [0.2, 0.25) is 0 Å². The molecule has 5 heteroatoms. The molecule has 1 atom stereocenters. The number of nitrogens with zero attached hydrogens (tertiary/aromatic N) is 2. The summed E-state index contributed by atoms with van der Waals surface area (Å²) in [5.74, 6) is 0. The van der Waals surface area contributed by atoms with E-state index in [9.17, 15) is 4.79 Å². The number of nitrogens with one attached hydrogen (secondary N) is 1. The number of nitriles is 2. The summed E-state index contributed by atoms with van der Waals surface area (Å²) in [4.78, 5) is 11.1. The van der Waals surface area contributed by atoms with E-state index in [0.717, 1.165) is 0 Å². The van der Waals surface area contributed by atoms with E-state index in [1.165, 1.54) is 0 Å². The Hall–Kier alpha value is -1.75. The Morgan fingerprint density at radius 2 is 2.07 bits per heavy atom. The minimum atomic E-state index is -0.810. The third-order valence-electron chi connectivity index (χ3n) is 1.14. The highest BCUT2D eigenvalue weighted by atomic mass is 16.6. The number of rotatable bonds is 2. The van der Waals surface area contributed by atoms with Gasteiger partial charge in [-0.15, -0.1) is 0 Å². The molecule has 0 rings (SSSR count). The molecule has 0 radical (unpaired) electrons. The highest BCUT2D eigenvalue weighted by Crippen LogP contribution is 2.06. The fourth-order valence-corrected chi connectivity index (χ4v) is 0.670. The average molecular weight is 195 g/mol. The maximum Gasteiger partial charge on any atom is 0.408 e. The highest BCUT2D eigenvalue weighted by molar-refractivity contribution is 5.68. The summed E-state index contributed by atoms with van der Waals surface area (Å²) in [5.41, 5.74) is -0.600. The van der Waals surface area contributed by atoms with Crippen molar-refractivity contribution in [2.24, 2.45) is 0 Å². The fourth-order valence-electron chi connectivity index (χ4n) is 0.670. The van der Waals surface area contributed by atoms with Gasteiger partial charge >= 0.3 is 6.09 Å². The molecule has 1 unspecified atom stereocenters. The largest absolute Gasteiger partial charge is 0.444 e. The predicted octanol–water partition coefficient (Wildman–Crippen LogP) is 1.32. The Balaban J connectivity index is 4.07. The minimum absolute atomic E-state index is 0.0459. The van der Waals surface area contributed by atoms with Crippen molar-refractivity contribution in [1.82, 2.24) is 5.32 Å². The van der Waals surface area contributed by atoms with E-state index < -0.39 is 17.7 Å². The quantitative estimate of drug-likeness (QED) is 0.719. The van der Waals surface area contributed by atoms with Crippen molar-refractivity contribution in [2.75, 3.05) is 0 Å². The smallest absolute Gasteiger partial charge is 0.408 e. The minimum Gasteiger partial charge on any atom is -0.444 e. The van der Waals surface area contributed by atoms with Gasteiger partial charge in [0.1, 0.15) is 11.6 Å². The zero-order valence-electron chi connectivity index (χ0n) is 8.50. The number of amides is 1. The molecule has 0 spiro atoms. The molecule has 0 aromatic carbocycles. The van der Waals surface area contributed by atoms with Gasteiger partial charge in [0.25, 0.3) is 0 Å². The zero-order chi connectivity index (χ0) is 11.2. The van der Waals surface area contributed by atoms with Crippen LogP contribution in [0, 0.1) is 22.7 Å². The molecule has 76 valence electrons. The van der Waals surface area contributed by atoms with Gasteiger partial charge in [-0.25, -0.2) is 4.79 Å². The Morgan fingerprint density at radius 3 is 2.43 bits per heavy atom. The molecular weight excluding hydrogens is 182 g/mol. The zero-order valence-corrected chi connectivity index (χ0v) is 8.50. The molecule has 0 bridgehead atoms. The van der Waals surface area contributed by atoms with E-state index >= 15 is 0 Å². The maximum absolute atomic E-state index is 11.1. The van der Waals surface area contributed by atoms with E-state index in [2.05, 4.69) is 5.32 Å². The standard InChI is InChI=1S/C9H13N3O2/c1-9(2,3)14-8(13)12-7(6-11)4-5-10/h7H,4H2,1-3H3,(H,12,13). The lowest BCUT2D eigenvalue weighted by atomic mass is 10.2. The maximum atomic E-state index is 11.1. The summed E-state index contributed by atoms with van der Waals surface area (Å²) < 4.78 is 4.91. The number of hydrogen-bond donors (Lipinski definition) is 1. The molecule has 0 saturated carbocycles. The monoisotopic (exact) mass is 195 g/mol.